The third-order valence-corrected chi connectivity index (χ3v) is 7.49. The number of carboxylic acid groups (broad SMARTS) is 1. The molecule has 5 nitrogen and oxygen atoms in total. The molecule has 1 aliphatic carbocycles. The van der Waals surface area contributed by atoms with Gasteiger partial charge in [0.05, 0.1) is 22.4 Å². The van der Waals surface area contributed by atoms with E-state index in [0.29, 0.717) is 33.6 Å². The van der Waals surface area contributed by atoms with E-state index < -0.39 is 5.97 Å². The van der Waals surface area contributed by atoms with Gasteiger partial charge in [0.15, 0.2) is 0 Å². The first-order valence-electron chi connectivity index (χ1n) is 10.4. The Hall–Kier alpha value is -2.88. The van der Waals surface area contributed by atoms with Crippen LogP contribution in [-0.4, -0.2) is 17.3 Å². The van der Waals surface area contributed by atoms with Crippen LogP contribution in [0.25, 0.3) is 11.3 Å². The van der Waals surface area contributed by atoms with Gasteiger partial charge in [-0.15, -0.1) is 11.3 Å². The van der Waals surface area contributed by atoms with Crippen LogP contribution in [0, 0.1) is 22.7 Å². The van der Waals surface area contributed by atoms with Crippen LogP contribution in [0.4, 0.5) is 5.00 Å². The van der Waals surface area contributed by atoms with Crippen molar-refractivity contribution >= 4 is 40.1 Å². The van der Waals surface area contributed by atoms with E-state index in [1.165, 1.54) is 17.0 Å². The minimum atomic E-state index is -1.09. The Morgan fingerprint density at radius 3 is 2.81 bits per heavy atom. The van der Waals surface area contributed by atoms with Crippen LogP contribution in [-0.2, 0) is 12.8 Å². The van der Waals surface area contributed by atoms with Crippen LogP contribution in [0.2, 0.25) is 5.02 Å². The molecule has 0 saturated carbocycles. The summed E-state index contributed by atoms with van der Waals surface area (Å²) in [6, 6.07) is 10.6. The van der Waals surface area contributed by atoms with E-state index in [4.69, 9.17) is 16.0 Å². The summed E-state index contributed by atoms with van der Waals surface area (Å²) in [5.74, 6) is 0.545. The van der Waals surface area contributed by atoms with Gasteiger partial charge >= 0.3 is 5.97 Å². The highest BCUT2D eigenvalue weighted by Crippen LogP contribution is 2.44. The van der Waals surface area contributed by atoms with Gasteiger partial charge in [0.2, 0.25) is 0 Å². The molecule has 2 aromatic heterocycles. The zero-order valence-electron chi connectivity index (χ0n) is 18.1. The number of hydrogen-bond donors (Lipinski definition) is 1. The van der Waals surface area contributed by atoms with Crippen molar-refractivity contribution in [1.82, 2.24) is 0 Å². The molecule has 0 radical (unpaired) electrons. The molecule has 0 saturated heterocycles. The average molecular weight is 467 g/mol. The van der Waals surface area contributed by atoms with Crippen molar-refractivity contribution in [2.45, 2.75) is 40.0 Å². The Morgan fingerprint density at radius 1 is 1.34 bits per heavy atom. The fourth-order valence-electron chi connectivity index (χ4n) is 4.06. The highest BCUT2D eigenvalue weighted by molar-refractivity contribution is 7.16. The molecule has 0 amide bonds. The highest BCUT2D eigenvalue weighted by Gasteiger charge is 2.32. The largest absolute Gasteiger partial charge is 0.478 e. The maximum absolute atomic E-state index is 11.3. The van der Waals surface area contributed by atoms with Crippen molar-refractivity contribution in [1.29, 1.82) is 5.26 Å². The Kier molecular flexibility index (Phi) is 5.98. The molecule has 1 aromatic carbocycles. The predicted molar refractivity (Wildman–Crippen MR) is 127 cm³/mol. The SMILES string of the molecule is CC(C)(C)[C@@H]1CCc2c(sc(N=Cc3ccc(-c4ccc(Cl)c(C(=O)O)c4)o3)c2C#N)C1. The highest BCUT2D eigenvalue weighted by atomic mass is 35.5. The van der Waals surface area contributed by atoms with Crippen LogP contribution < -0.4 is 0 Å². The molecule has 164 valence electrons. The molecule has 7 heteroatoms. The van der Waals surface area contributed by atoms with Crippen LogP contribution >= 0.6 is 22.9 Å². The monoisotopic (exact) mass is 466 g/mol. The fraction of sp³-hybridized carbons (Fsp3) is 0.320. The maximum Gasteiger partial charge on any atom is 0.337 e. The quantitative estimate of drug-likeness (QED) is 0.414. The van der Waals surface area contributed by atoms with Crippen molar-refractivity contribution in [2.75, 3.05) is 0 Å². The molecule has 1 N–H and O–H groups in total. The van der Waals surface area contributed by atoms with Gasteiger partial charge < -0.3 is 9.52 Å². The topological polar surface area (TPSA) is 86.6 Å². The second kappa shape index (κ2) is 8.57. The van der Waals surface area contributed by atoms with Crippen molar-refractivity contribution in [2.24, 2.45) is 16.3 Å². The second-order valence-electron chi connectivity index (χ2n) is 9.06. The van der Waals surface area contributed by atoms with E-state index in [2.05, 4.69) is 31.8 Å². The Labute approximate surface area is 196 Å². The summed E-state index contributed by atoms with van der Waals surface area (Å²) in [5, 5.41) is 19.9. The molecule has 0 spiro atoms. The van der Waals surface area contributed by atoms with E-state index >= 15 is 0 Å². The summed E-state index contributed by atoms with van der Waals surface area (Å²) in [5.41, 5.74) is 2.69. The number of benzene rings is 1. The van der Waals surface area contributed by atoms with Crippen LogP contribution in [0.15, 0.2) is 39.7 Å². The predicted octanol–water partition coefficient (Wildman–Crippen LogP) is 7.13. The first-order chi connectivity index (χ1) is 15.2. The molecule has 32 heavy (non-hydrogen) atoms. The van der Waals surface area contributed by atoms with Gasteiger partial charge in [-0.05, 0) is 66.5 Å². The standard InChI is InChI=1S/C25H23ClN2O3S/c1-25(2,3)15-5-7-17-19(12-27)23(32-22(17)11-15)28-13-16-6-9-21(31-16)14-4-8-20(26)18(10-14)24(29)30/h4,6,8-10,13,15H,5,7,11H2,1-3H3,(H,29,30)/t15-/m1/s1. The molecule has 0 unspecified atom stereocenters. The van der Waals surface area contributed by atoms with Crippen molar-refractivity contribution in [3.8, 4) is 17.4 Å². The lowest BCUT2D eigenvalue weighted by Crippen LogP contribution is -2.26. The summed E-state index contributed by atoms with van der Waals surface area (Å²) in [7, 11) is 0. The molecule has 2 heterocycles. The van der Waals surface area contributed by atoms with E-state index in [-0.39, 0.29) is 16.0 Å². The van der Waals surface area contributed by atoms with Gasteiger partial charge in [0, 0.05) is 10.4 Å². The fourth-order valence-corrected chi connectivity index (χ4v) is 5.48. The average Bonchev–Trinajstić information content (AvgIpc) is 3.35. The summed E-state index contributed by atoms with van der Waals surface area (Å²) in [6.07, 6.45) is 4.60. The molecule has 1 atom stereocenters. The van der Waals surface area contributed by atoms with E-state index in [0.717, 1.165) is 24.8 Å². The molecule has 0 aliphatic heterocycles. The summed E-state index contributed by atoms with van der Waals surface area (Å²) in [4.78, 5) is 17.2. The molecular formula is C25H23ClN2O3S. The lowest BCUT2D eigenvalue weighted by Gasteiger charge is -2.33. The number of carbonyl (C=O) groups is 1. The number of nitrogens with zero attached hydrogens (tertiary/aromatic N) is 2. The Bertz CT molecular complexity index is 1260. The molecule has 4 rings (SSSR count). The number of nitriles is 1. The minimum Gasteiger partial charge on any atom is -0.478 e. The van der Waals surface area contributed by atoms with Crippen molar-refractivity contribution in [3.05, 3.63) is 62.7 Å². The number of rotatable bonds is 4. The summed E-state index contributed by atoms with van der Waals surface area (Å²) >= 11 is 7.54. The molecule has 1 aliphatic rings. The third kappa shape index (κ3) is 4.36. The van der Waals surface area contributed by atoms with Gasteiger partial charge in [-0.1, -0.05) is 32.4 Å². The first-order valence-corrected chi connectivity index (χ1v) is 11.6. The summed E-state index contributed by atoms with van der Waals surface area (Å²) in [6.45, 7) is 6.82. The number of halogens is 1. The number of hydrogen-bond acceptors (Lipinski definition) is 5. The molecule has 0 fully saturated rings. The number of furan rings is 1. The zero-order chi connectivity index (χ0) is 23.0. The van der Waals surface area contributed by atoms with Gasteiger partial charge in [-0.2, -0.15) is 5.26 Å². The smallest absolute Gasteiger partial charge is 0.337 e. The number of thiophene rings is 1. The number of carboxylic acids is 1. The van der Waals surface area contributed by atoms with Gasteiger partial charge in [0.25, 0.3) is 0 Å². The Balaban J connectivity index is 1.59. The Morgan fingerprint density at radius 2 is 2.12 bits per heavy atom. The van der Waals surface area contributed by atoms with E-state index in [9.17, 15) is 15.2 Å². The van der Waals surface area contributed by atoms with Crippen LogP contribution in [0.1, 0.15) is 59.3 Å². The van der Waals surface area contributed by atoms with Gasteiger partial charge in [-0.25, -0.2) is 9.79 Å². The molecule has 3 aromatic rings. The molecule has 0 bridgehead atoms. The lowest BCUT2D eigenvalue weighted by molar-refractivity contribution is 0.0697. The number of aliphatic imine (C=N–C) groups is 1. The second-order valence-corrected chi connectivity index (χ2v) is 10.6. The van der Waals surface area contributed by atoms with Gasteiger partial charge in [0.1, 0.15) is 22.6 Å². The normalized spacial score (nSPS) is 16.2. The van der Waals surface area contributed by atoms with Crippen molar-refractivity contribution < 1.29 is 14.3 Å². The molecular weight excluding hydrogens is 444 g/mol. The van der Waals surface area contributed by atoms with Crippen LogP contribution in [0.5, 0.6) is 0 Å². The van der Waals surface area contributed by atoms with E-state index in [1.54, 1.807) is 35.8 Å². The summed E-state index contributed by atoms with van der Waals surface area (Å²) < 4.78 is 5.84. The minimum absolute atomic E-state index is 0.0205. The number of aromatic carboxylic acids is 1. The van der Waals surface area contributed by atoms with Crippen LogP contribution in [0.3, 0.4) is 0 Å². The van der Waals surface area contributed by atoms with Gasteiger partial charge in [-0.3, -0.25) is 0 Å². The first kappa shape index (κ1) is 22.3. The number of fused-ring (bicyclic) bond motifs is 1. The maximum atomic E-state index is 11.3. The third-order valence-electron chi connectivity index (χ3n) is 6.00. The van der Waals surface area contributed by atoms with E-state index in [1.807, 2.05) is 0 Å². The zero-order valence-corrected chi connectivity index (χ0v) is 19.7. The van der Waals surface area contributed by atoms with Crippen molar-refractivity contribution in [3.63, 3.8) is 0 Å². The lowest BCUT2D eigenvalue weighted by atomic mass is 9.72.